The highest BCUT2D eigenvalue weighted by atomic mass is 79.9. The van der Waals surface area contributed by atoms with Crippen LogP contribution in [0.2, 0.25) is 0 Å². The first-order valence-electron chi connectivity index (χ1n) is 7.40. The van der Waals surface area contributed by atoms with Gasteiger partial charge in [0.15, 0.2) is 0 Å². The van der Waals surface area contributed by atoms with Gasteiger partial charge in [0, 0.05) is 28.4 Å². The second kappa shape index (κ2) is 6.78. The predicted molar refractivity (Wildman–Crippen MR) is 89.6 cm³/mol. The highest BCUT2D eigenvalue weighted by molar-refractivity contribution is 9.10. The first-order chi connectivity index (χ1) is 11.4. The maximum Gasteiger partial charge on any atom is 0.258 e. The van der Waals surface area contributed by atoms with E-state index < -0.39 is 11.6 Å². The zero-order valence-electron chi connectivity index (χ0n) is 12.8. The summed E-state index contributed by atoms with van der Waals surface area (Å²) in [6, 6.07) is 8.34. The van der Waals surface area contributed by atoms with E-state index in [4.69, 9.17) is 0 Å². The average molecular weight is 395 g/mol. The molecule has 7 heteroatoms. The Labute approximate surface area is 145 Å². The summed E-state index contributed by atoms with van der Waals surface area (Å²) in [7, 11) is 0. The smallest absolute Gasteiger partial charge is 0.258 e. The quantitative estimate of drug-likeness (QED) is 0.739. The lowest BCUT2D eigenvalue weighted by molar-refractivity contribution is -0.708. The van der Waals surface area contributed by atoms with Crippen LogP contribution in [0.5, 0.6) is 0 Å². The molecule has 3 rings (SSSR count). The molecule has 2 heterocycles. The number of fused-ring (bicyclic) bond motifs is 1. The molecule has 0 fully saturated rings. The third kappa shape index (κ3) is 3.52. The van der Waals surface area contributed by atoms with Gasteiger partial charge in [0.1, 0.15) is 35.6 Å². The number of aromatic nitrogens is 2. The van der Waals surface area contributed by atoms with Crippen LogP contribution in [0.1, 0.15) is 24.2 Å². The number of halogens is 3. The Bertz CT molecular complexity index is 958. The Morgan fingerprint density at radius 1 is 1.25 bits per heavy atom. The van der Waals surface area contributed by atoms with Gasteiger partial charge in [0.2, 0.25) is 0 Å². The van der Waals surface area contributed by atoms with Gasteiger partial charge >= 0.3 is 0 Å². The summed E-state index contributed by atoms with van der Waals surface area (Å²) in [4.78, 5) is 16.6. The minimum atomic E-state index is -0.598. The fraction of sp³-hybridized carbons (Fsp3) is 0.176. The molecule has 2 N–H and O–H groups in total. The van der Waals surface area contributed by atoms with Crippen molar-refractivity contribution in [3.8, 4) is 0 Å². The molecule has 0 aliphatic heterocycles. The van der Waals surface area contributed by atoms with E-state index in [1.165, 1.54) is 22.6 Å². The van der Waals surface area contributed by atoms with E-state index in [9.17, 15) is 13.6 Å². The minimum Gasteiger partial charge on any atom is -0.335 e. The van der Waals surface area contributed by atoms with E-state index >= 15 is 0 Å². The predicted octanol–water partition coefficient (Wildman–Crippen LogP) is 2.56. The standard InChI is InChI=1S/C17H14BrF2N3O/c1-10(14-4-3-12(19)6-15(14)20)21-8-13-7-17(24)23-9-11(18)2-5-16(23)22-13/h2-7,9-10,21H,8H2,1H3/p+1/t10-/m1/s1. The Morgan fingerprint density at radius 2 is 2.04 bits per heavy atom. The molecule has 4 nitrogen and oxygen atoms in total. The van der Waals surface area contributed by atoms with E-state index in [0.717, 1.165) is 10.5 Å². The lowest BCUT2D eigenvalue weighted by atomic mass is 10.1. The topological polar surface area (TPSA) is 51.0 Å². The van der Waals surface area contributed by atoms with Gasteiger partial charge in [-0.15, -0.1) is 0 Å². The molecule has 0 saturated heterocycles. The summed E-state index contributed by atoms with van der Waals surface area (Å²) in [6.07, 6.45) is 1.66. The van der Waals surface area contributed by atoms with E-state index in [1.54, 1.807) is 12.3 Å². The number of nitrogens with zero attached hydrogens (tertiary/aromatic N) is 2. The summed E-state index contributed by atoms with van der Waals surface area (Å²) < 4.78 is 29.0. The van der Waals surface area contributed by atoms with Crippen LogP contribution >= 0.6 is 15.9 Å². The van der Waals surface area contributed by atoms with Gasteiger partial charge < -0.3 is 5.32 Å². The number of nitrogens with two attached hydrogens (primary N) is 1. The molecule has 124 valence electrons. The van der Waals surface area contributed by atoms with Crippen LogP contribution in [0.25, 0.3) is 5.65 Å². The van der Waals surface area contributed by atoms with Crippen molar-refractivity contribution < 1.29 is 14.1 Å². The van der Waals surface area contributed by atoms with E-state index in [-0.39, 0.29) is 11.6 Å². The SMILES string of the molecule is C[C@@H]([NH2+]Cc1cc(=O)n2cc(Br)ccc2n1)c1ccc(F)cc1F. The lowest BCUT2D eigenvalue weighted by Gasteiger charge is -2.12. The van der Waals surface area contributed by atoms with Crippen molar-refractivity contribution in [2.45, 2.75) is 19.5 Å². The third-order valence-electron chi connectivity index (χ3n) is 3.81. The molecule has 0 bridgehead atoms. The zero-order chi connectivity index (χ0) is 17.3. The van der Waals surface area contributed by atoms with Crippen molar-refractivity contribution in [1.82, 2.24) is 9.38 Å². The summed E-state index contributed by atoms with van der Waals surface area (Å²) >= 11 is 3.32. The summed E-state index contributed by atoms with van der Waals surface area (Å²) in [5.41, 5.74) is 1.40. The Hall–Kier alpha value is -2.12. The van der Waals surface area contributed by atoms with Gasteiger partial charge in [0.25, 0.3) is 5.56 Å². The van der Waals surface area contributed by atoms with Gasteiger partial charge in [-0.25, -0.2) is 13.8 Å². The molecular weight excluding hydrogens is 380 g/mol. The average Bonchev–Trinajstić information content (AvgIpc) is 2.53. The molecule has 1 atom stereocenters. The minimum absolute atomic E-state index is 0.176. The van der Waals surface area contributed by atoms with Crippen molar-refractivity contribution in [3.63, 3.8) is 0 Å². The molecule has 24 heavy (non-hydrogen) atoms. The van der Waals surface area contributed by atoms with Crippen LogP contribution in [0.3, 0.4) is 0 Å². The van der Waals surface area contributed by atoms with Gasteiger partial charge in [-0.3, -0.25) is 9.20 Å². The largest absolute Gasteiger partial charge is 0.335 e. The first kappa shape index (κ1) is 16.7. The second-order valence-electron chi connectivity index (χ2n) is 5.56. The van der Waals surface area contributed by atoms with Crippen molar-refractivity contribution in [3.05, 3.63) is 80.3 Å². The summed E-state index contributed by atoms with van der Waals surface area (Å²) in [6.45, 7) is 2.24. The number of rotatable bonds is 4. The fourth-order valence-electron chi connectivity index (χ4n) is 2.53. The van der Waals surface area contributed by atoms with E-state index in [0.29, 0.717) is 23.4 Å². The molecular formula is C17H15BrF2N3O+. The number of hydrogen-bond donors (Lipinski definition) is 1. The van der Waals surface area contributed by atoms with Crippen molar-refractivity contribution in [2.75, 3.05) is 0 Å². The van der Waals surface area contributed by atoms with Gasteiger partial charge in [0.05, 0.1) is 0 Å². The Morgan fingerprint density at radius 3 is 2.79 bits per heavy atom. The number of quaternary nitrogens is 1. The Balaban J connectivity index is 1.80. The summed E-state index contributed by atoms with van der Waals surface area (Å²) in [5, 5.41) is 1.85. The molecule has 0 amide bonds. The van der Waals surface area contributed by atoms with E-state index in [1.807, 2.05) is 18.3 Å². The van der Waals surface area contributed by atoms with Crippen LogP contribution in [0.4, 0.5) is 8.78 Å². The highest BCUT2D eigenvalue weighted by Crippen LogP contribution is 2.15. The van der Waals surface area contributed by atoms with Gasteiger partial charge in [-0.1, -0.05) is 0 Å². The van der Waals surface area contributed by atoms with Crippen molar-refractivity contribution in [2.24, 2.45) is 0 Å². The molecule has 0 spiro atoms. The first-order valence-corrected chi connectivity index (χ1v) is 8.19. The Kier molecular flexibility index (Phi) is 4.73. The second-order valence-corrected chi connectivity index (χ2v) is 6.47. The molecule has 1 aromatic carbocycles. The number of benzene rings is 1. The molecule has 0 radical (unpaired) electrons. The van der Waals surface area contributed by atoms with Crippen LogP contribution in [0, 0.1) is 11.6 Å². The molecule has 2 aromatic heterocycles. The molecule has 0 aliphatic carbocycles. The van der Waals surface area contributed by atoms with Gasteiger partial charge in [-0.2, -0.15) is 0 Å². The van der Waals surface area contributed by atoms with Crippen LogP contribution in [-0.2, 0) is 6.54 Å². The van der Waals surface area contributed by atoms with E-state index in [2.05, 4.69) is 20.9 Å². The zero-order valence-corrected chi connectivity index (χ0v) is 14.4. The van der Waals surface area contributed by atoms with Crippen LogP contribution < -0.4 is 10.9 Å². The monoisotopic (exact) mass is 394 g/mol. The summed E-state index contributed by atoms with van der Waals surface area (Å²) in [5.74, 6) is -1.17. The van der Waals surface area contributed by atoms with Crippen molar-refractivity contribution in [1.29, 1.82) is 0 Å². The van der Waals surface area contributed by atoms with Gasteiger partial charge in [-0.05, 0) is 47.1 Å². The molecule has 0 saturated carbocycles. The molecule has 0 aliphatic rings. The third-order valence-corrected chi connectivity index (χ3v) is 4.28. The van der Waals surface area contributed by atoms with Crippen molar-refractivity contribution >= 4 is 21.6 Å². The fourth-order valence-corrected chi connectivity index (χ4v) is 2.86. The maximum atomic E-state index is 13.8. The lowest BCUT2D eigenvalue weighted by Crippen LogP contribution is -2.83. The normalized spacial score (nSPS) is 12.5. The maximum absolute atomic E-state index is 13.8. The molecule has 3 aromatic rings. The van der Waals surface area contributed by atoms with Crippen LogP contribution in [0.15, 0.2) is 51.9 Å². The highest BCUT2D eigenvalue weighted by Gasteiger charge is 2.15. The number of pyridine rings is 1. The number of hydrogen-bond acceptors (Lipinski definition) is 2. The van der Waals surface area contributed by atoms with Crippen LogP contribution in [-0.4, -0.2) is 9.38 Å². The molecule has 0 unspecified atom stereocenters.